The maximum absolute atomic E-state index is 11.9. The van der Waals surface area contributed by atoms with Crippen LogP contribution in [0.1, 0.15) is 27.1 Å². The minimum atomic E-state index is -3.16. The molecule has 0 bridgehead atoms. The number of hydrazine groups is 1. The zero-order valence-corrected chi connectivity index (χ0v) is 13.2. The van der Waals surface area contributed by atoms with Crippen LogP contribution in [0.4, 0.5) is 0 Å². The topological polar surface area (TPSA) is 119 Å². The molecule has 1 aromatic carbocycles. The molecule has 1 heterocycles. The molecule has 0 radical (unpaired) electrons. The summed E-state index contributed by atoms with van der Waals surface area (Å²) in [4.78, 5) is 35.0. The van der Waals surface area contributed by atoms with E-state index in [2.05, 4.69) is 15.6 Å². The predicted octanol–water partition coefficient (Wildman–Crippen LogP) is -0.331. The summed E-state index contributed by atoms with van der Waals surface area (Å²) in [5.41, 5.74) is 4.96. The molecular weight excluding hydrogens is 324 g/mol. The summed E-state index contributed by atoms with van der Waals surface area (Å²) in [6.07, 6.45) is 0.248. The number of rotatable bonds is 3. The lowest BCUT2D eigenvalue weighted by molar-refractivity contribution is -0.125. The number of sulfone groups is 1. The predicted molar refractivity (Wildman–Crippen MR) is 80.2 cm³/mol. The van der Waals surface area contributed by atoms with Gasteiger partial charge in [0.15, 0.2) is 9.84 Å². The van der Waals surface area contributed by atoms with Gasteiger partial charge in [0, 0.05) is 5.56 Å². The Morgan fingerprint density at radius 3 is 2.22 bits per heavy atom. The van der Waals surface area contributed by atoms with Crippen molar-refractivity contribution in [2.75, 3.05) is 18.6 Å². The number of ether oxygens (including phenoxy) is 1. The Labute approximate surface area is 133 Å². The second-order valence-electron chi connectivity index (χ2n) is 5.11. The molecule has 124 valence electrons. The molecule has 1 saturated heterocycles. The minimum absolute atomic E-state index is 0.0198. The number of hydrogen-bond acceptors (Lipinski definition) is 6. The van der Waals surface area contributed by atoms with E-state index in [-0.39, 0.29) is 23.5 Å². The summed E-state index contributed by atoms with van der Waals surface area (Å²) in [6.45, 7) is 0. The van der Waals surface area contributed by atoms with Crippen LogP contribution in [-0.4, -0.2) is 44.8 Å². The first-order valence-electron chi connectivity index (χ1n) is 6.81. The molecule has 1 atom stereocenters. The maximum atomic E-state index is 11.9. The van der Waals surface area contributed by atoms with Crippen molar-refractivity contribution in [2.45, 2.75) is 6.42 Å². The Hall–Kier alpha value is -2.42. The van der Waals surface area contributed by atoms with Gasteiger partial charge in [-0.2, -0.15) is 0 Å². The SMILES string of the molecule is COC(=O)c1ccc(C(=O)NNC(=O)[C@H]2CCS(=O)(=O)C2)cc1. The van der Waals surface area contributed by atoms with Crippen molar-refractivity contribution in [3.63, 3.8) is 0 Å². The van der Waals surface area contributed by atoms with Gasteiger partial charge in [0.2, 0.25) is 5.91 Å². The molecule has 1 aliphatic rings. The fraction of sp³-hybridized carbons (Fsp3) is 0.357. The molecule has 0 saturated carbocycles. The number of esters is 1. The molecule has 8 nitrogen and oxygen atoms in total. The highest BCUT2D eigenvalue weighted by molar-refractivity contribution is 7.91. The summed E-state index contributed by atoms with van der Waals surface area (Å²) >= 11 is 0. The highest BCUT2D eigenvalue weighted by Crippen LogP contribution is 2.18. The van der Waals surface area contributed by atoms with Gasteiger partial charge in [-0.3, -0.25) is 20.4 Å². The van der Waals surface area contributed by atoms with E-state index in [1.54, 1.807) is 0 Å². The van der Waals surface area contributed by atoms with Crippen LogP contribution >= 0.6 is 0 Å². The molecule has 0 aliphatic carbocycles. The molecule has 2 N–H and O–H groups in total. The van der Waals surface area contributed by atoms with Crippen LogP contribution in [-0.2, 0) is 19.4 Å². The number of amides is 2. The van der Waals surface area contributed by atoms with E-state index in [1.165, 1.54) is 31.4 Å². The highest BCUT2D eigenvalue weighted by Gasteiger charge is 2.33. The van der Waals surface area contributed by atoms with Crippen LogP contribution < -0.4 is 10.9 Å². The van der Waals surface area contributed by atoms with Crippen molar-refractivity contribution >= 4 is 27.6 Å². The molecule has 2 rings (SSSR count). The number of nitrogens with one attached hydrogen (secondary N) is 2. The molecule has 0 aromatic heterocycles. The van der Waals surface area contributed by atoms with Crippen LogP contribution in [0.2, 0.25) is 0 Å². The molecule has 1 fully saturated rings. The standard InChI is InChI=1S/C14H16N2O6S/c1-22-14(19)10-4-2-9(3-5-10)12(17)15-16-13(18)11-6-7-23(20,21)8-11/h2-5,11H,6-8H2,1H3,(H,15,17)(H,16,18)/t11-/m0/s1. The quantitative estimate of drug-likeness (QED) is 0.574. The monoisotopic (exact) mass is 340 g/mol. The van der Waals surface area contributed by atoms with Crippen LogP contribution in [0.5, 0.6) is 0 Å². The van der Waals surface area contributed by atoms with Crippen LogP contribution in [0.25, 0.3) is 0 Å². The lowest BCUT2D eigenvalue weighted by Crippen LogP contribution is -2.44. The van der Waals surface area contributed by atoms with E-state index in [1.807, 2.05) is 0 Å². The van der Waals surface area contributed by atoms with E-state index in [0.717, 1.165) is 0 Å². The Bertz CT molecular complexity index is 726. The van der Waals surface area contributed by atoms with Crippen molar-refractivity contribution in [3.8, 4) is 0 Å². The van der Waals surface area contributed by atoms with Crippen LogP contribution in [0.3, 0.4) is 0 Å². The Morgan fingerprint density at radius 2 is 1.70 bits per heavy atom. The van der Waals surface area contributed by atoms with Gasteiger partial charge in [-0.05, 0) is 30.7 Å². The molecule has 2 amide bonds. The molecular formula is C14H16N2O6S. The fourth-order valence-corrected chi connectivity index (χ4v) is 3.91. The van der Waals surface area contributed by atoms with E-state index in [0.29, 0.717) is 5.56 Å². The third-order valence-corrected chi connectivity index (χ3v) is 5.24. The second kappa shape index (κ2) is 6.78. The number of carbonyl (C=O) groups excluding carboxylic acids is 3. The van der Waals surface area contributed by atoms with Crippen LogP contribution in [0, 0.1) is 5.92 Å². The molecule has 0 unspecified atom stereocenters. The minimum Gasteiger partial charge on any atom is -0.465 e. The van der Waals surface area contributed by atoms with Crippen molar-refractivity contribution in [1.82, 2.24) is 10.9 Å². The maximum Gasteiger partial charge on any atom is 0.337 e. The lowest BCUT2D eigenvalue weighted by Gasteiger charge is -2.10. The fourth-order valence-electron chi connectivity index (χ4n) is 2.17. The van der Waals surface area contributed by atoms with E-state index in [4.69, 9.17) is 0 Å². The Kier molecular flexibility index (Phi) is 4.99. The third-order valence-electron chi connectivity index (χ3n) is 3.47. The van der Waals surface area contributed by atoms with Crippen molar-refractivity contribution < 1.29 is 27.5 Å². The normalized spacial score (nSPS) is 18.9. The first kappa shape index (κ1) is 16.9. The zero-order valence-electron chi connectivity index (χ0n) is 12.4. The Morgan fingerprint density at radius 1 is 1.09 bits per heavy atom. The molecule has 1 aliphatic heterocycles. The zero-order chi connectivity index (χ0) is 17.0. The summed E-state index contributed by atoms with van der Waals surface area (Å²) in [7, 11) is -1.91. The van der Waals surface area contributed by atoms with Gasteiger partial charge in [0.05, 0.1) is 30.1 Å². The summed E-state index contributed by atoms with van der Waals surface area (Å²) in [6, 6.07) is 5.67. The smallest absolute Gasteiger partial charge is 0.337 e. The summed E-state index contributed by atoms with van der Waals surface area (Å²) in [5.74, 6) is -2.51. The number of carbonyl (C=O) groups is 3. The molecule has 0 spiro atoms. The average molecular weight is 340 g/mol. The average Bonchev–Trinajstić information content (AvgIpc) is 2.91. The van der Waals surface area contributed by atoms with Crippen molar-refractivity contribution in [1.29, 1.82) is 0 Å². The van der Waals surface area contributed by atoms with Gasteiger partial charge < -0.3 is 4.74 Å². The van der Waals surface area contributed by atoms with Crippen LogP contribution in [0.15, 0.2) is 24.3 Å². The van der Waals surface area contributed by atoms with Gasteiger partial charge in [0.25, 0.3) is 5.91 Å². The third kappa shape index (κ3) is 4.28. The second-order valence-corrected chi connectivity index (χ2v) is 7.34. The molecule has 9 heteroatoms. The number of hydrogen-bond donors (Lipinski definition) is 2. The van der Waals surface area contributed by atoms with Gasteiger partial charge in [0.1, 0.15) is 0 Å². The summed E-state index contributed by atoms with van der Waals surface area (Å²) < 4.78 is 27.2. The van der Waals surface area contributed by atoms with Gasteiger partial charge >= 0.3 is 5.97 Å². The number of benzene rings is 1. The first-order valence-corrected chi connectivity index (χ1v) is 8.63. The van der Waals surface area contributed by atoms with E-state index < -0.39 is 33.5 Å². The van der Waals surface area contributed by atoms with E-state index in [9.17, 15) is 22.8 Å². The van der Waals surface area contributed by atoms with Gasteiger partial charge in [-0.25, -0.2) is 13.2 Å². The van der Waals surface area contributed by atoms with Gasteiger partial charge in [-0.1, -0.05) is 0 Å². The van der Waals surface area contributed by atoms with Crippen molar-refractivity contribution in [3.05, 3.63) is 35.4 Å². The Balaban J connectivity index is 1.90. The summed E-state index contributed by atoms with van der Waals surface area (Å²) in [5, 5.41) is 0. The lowest BCUT2D eigenvalue weighted by atomic mass is 10.1. The number of methoxy groups -OCH3 is 1. The molecule has 23 heavy (non-hydrogen) atoms. The van der Waals surface area contributed by atoms with Gasteiger partial charge in [-0.15, -0.1) is 0 Å². The molecule has 1 aromatic rings. The largest absolute Gasteiger partial charge is 0.465 e. The van der Waals surface area contributed by atoms with Crippen molar-refractivity contribution in [2.24, 2.45) is 5.92 Å². The van der Waals surface area contributed by atoms with E-state index >= 15 is 0 Å². The first-order chi connectivity index (χ1) is 10.8. The highest BCUT2D eigenvalue weighted by atomic mass is 32.2.